The van der Waals surface area contributed by atoms with Crippen LogP contribution in [0.1, 0.15) is 37.1 Å². The summed E-state index contributed by atoms with van der Waals surface area (Å²) in [7, 11) is 0. The number of aryl methyl sites for hydroxylation is 1. The van der Waals surface area contributed by atoms with Crippen LogP contribution in [-0.2, 0) is 6.42 Å². The highest BCUT2D eigenvalue weighted by molar-refractivity contribution is 7.09. The predicted octanol–water partition coefficient (Wildman–Crippen LogP) is 2.59. The van der Waals surface area contributed by atoms with Crippen molar-refractivity contribution in [3.63, 3.8) is 0 Å². The summed E-state index contributed by atoms with van der Waals surface area (Å²) < 4.78 is 0. The van der Waals surface area contributed by atoms with Crippen LogP contribution in [0.15, 0.2) is 11.6 Å². The molecule has 0 bridgehead atoms. The Kier molecular flexibility index (Phi) is 3.54. The molecule has 0 radical (unpaired) electrons. The number of aromatic nitrogens is 1. The third-order valence-electron chi connectivity index (χ3n) is 3.18. The molecular weight excluding hydrogens is 192 g/mol. The van der Waals surface area contributed by atoms with Gasteiger partial charge < -0.3 is 5.73 Å². The lowest BCUT2D eigenvalue weighted by Gasteiger charge is -2.17. The minimum absolute atomic E-state index is 0.404. The van der Waals surface area contributed by atoms with Crippen LogP contribution in [0.4, 0.5) is 0 Å². The van der Waals surface area contributed by atoms with E-state index in [1.54, 1.807) is 11.3 Å². The van der Waals surface area contributed by atoms with Gasteiger partial charge in [-0.25, -0.2) is 4.98 Å². The monoisotopic (exact) mass is 210 g/mol. The van der Waals surface area contributed by atoms with Crippen molar-refractivity contribution in [2.24, 2.45) is 11.7 Å². The first-order chi connectivity index (χ1) is 6.86. The van der Waals surface area contributed by atoms with Crippen molar-refractivity contribution in [1.29, 1.82) is 0 Å². The molecule has 2 rings (SSSR count). The third-order valence-corrected chi connectivity index (χ3v) is 4.02. The van der Waals surface area contributed by atoms with Crippen LogP contribution >= 0.6 is 11.3 Å². The maximum Gasteiger partial charge on any atom is 0.0925 e. The van der Waals surface area contributed by atoms with E-state index in [0.29, 0.717) is 6.04 Å². The van der Waals surface area contributed by atoms with Crippen LogP contribution in [0.3, 0.4) is 0 Å². The first-order valence-electron chi connectivity index (χ1n) is 5.50. The Morgan fingerprint density at radius 1 is 1.50 bits per heavy atom. The molecule has 1 saturated carbocycles. The van der Waals surface area contributed by atoms with E-state index in [9.17, 15) is 0 Å². The summed E-state index contributed by atoms with van der Waals surface area (Å²) in [5, 5.41) is 3.27. The van der Waals surface area contributed by atoms with E-state index in [2.05, 4.69) is 4.98 Å². The van der Waals surface area contributed by atoms with E-state index in [-0.39, 0.29) is 0 Å². The summed E-state index contributed by atoms with van der Waals surface area (Å²) >= 11 is 1.74. The first-order valence-corrected chi connectivity index (χ1v) is 6.38. The molecule has 0 aliphatic heterocycles. The molecule has 1 heterocycles. The number of hydrogen-bond acceptors (Lipinski definition) is 3. The smallest absolute Gasteiger partial charge is 0.0925 e. The minimum Gasteiger partial charge on any atom is -0.327 e. The first kappa shape index (κ1) is 10.1. The summed E-state index contributed by atoms with van der Waals surface area (Å²) in [5.74, 6) is 0.787. The second kappa shape index (κ2) is 4.89. The Labute approximate surface area is 89.5 Å². The normalized spacial score (nSPS) is 20.1. The molecule has 3 heteroatoms. The molecule has 0 spiro atoms. The van der Waals surface area contributed by atoms with Gasteiger partial charge in [-0.1, -0.05) is 12.8 Å². The third kappa shape index (κ3) is 2.55. The zero-order valence-corrected chi connectivity index (χ0v) is 9.30. The van der Waals surface area contributed by atoms with Gasteiger partial charge in [-0.2, -0.15) is 0 Å². The topological polar surface area (TPSA) is 38.9 Å². The summed E-state index contributed by atoms with van der Waals surface area (Å²) in [6, 6.07) is 0.404. The lowest BCUT2D eigenvalue weighted by molar-refractivity contribution is 0.410. The van der Waals surface area contributed by atoms with Crippen molar-refractivity contribution in [3.8, 4) is 0 Å². The Bertz CT molecular complexity index is 252. The molecule has 1 aromatic rings. The number of nitrogens with two attached hydrogens (primary N) is 1. The molecule has 1 aliphatic rings. The van der Waals surface area contributed by atoms with Crippen molar-refractivity contribution in [2.75, 3.05) is 0 Å². The van der Waals surface area contributed by atoms with Gasteiger partial charge in [0.05, 0.1) is 5.01 Å². The molecular formula is C11H18N2S. The van der Waals surface area contributed by atoms with Crippen molar-refractivity contribution in [2.45, 2.75) is 44.6 Å². The maximum absolute atomic E-state index is 6.17. The van der Waals surface area contributed by atoms with Gasteiger partial charge in [0.2, 0.25) is 0 Å². The van der Waals surface area contributed by atoms with E-state index in [1.165, 1.54) is 30.7 Å². The Balaban J connectivity index is 1.74. The van der Waals surface area contributed by atoms with Crippen LogP contribution in [0.2, 0.25) is 0 Å². The van der Waals surface area contributed by atoms with Gasteiger partial charge in [-0.05, 0) is 25.2 Å². The summed E-state index contributed by atoms with van der Waals surface area (Å²) in [6.07, 6.45) is 9.51. The number of thiazole rings is 1. The van der Waals surface area contributed by atoms with Crippen LogP contribution in [0.5, 0.6) is 0 Å². The largest absolute Gasteiger partial charge is 0.327 e. The fraction of sp³-hybridized carbons (Fsp3) is 0.727. The SMILES string of the molecule is NC(CCc1nccs1)C1CCCC1. The van der Waals surface area contributed by atoms with Gasteiger partial charge in [-0.3, -0.25) is 0 Å². The lowest BCUT2D eigenvalue weighted by atomic mass is 9.95. The minimum atomic E-state index is 0.404. The Hall–Kier alpha value is -0.410. The molecule has 14 heavy (non-hydrogen) atoms. The van der Waals surface area contributed by atoms with Crippen LogP contribution in [0.25, 0.3) is 0 Å². The fourth-order valence-electron chi connectivity index (χ4n) is 2.29. The predicted molar refractivity (Wildman–Crippen MR) is 60.4 cm³/mol. The van der Waals surface area contributed by atoms with Crippen molar-refractivity contribution >= 4 is 11.3 Å². The van der Waals surface area contributed by atoms with Crippen molar-refractivity contribution in [3.05, 3.63) is 16.6 Å². The zero-order chi connectivity index (χ0) is 9.80. The average molecular weight is 210 g/mol. The summed E-state index contributed by atoms with van der Waals surface area (Å²) in [4.78, 5) is 4.28. The van der Waals surface area contributed by atoms with Crippen molar-refractivity contribution < 1.29 is 0 Å². The van der Waals surface area contributed by atoms with Crippen LogP contribution in [-0.4, -0.2) is 11.0 Å². The van der Waals surface area contributed by atoms with Crippen molar-refractivity contribution in [1.82, 2.24) is 4.98 Å². The molecule has 2 nitrogen and oxygen atoms in total. The van der Waals surface area contributed by atoms with E-state index in [4.69, 9.17) is 5.73 Å². The number of hydrogen-bond donors (Lipinski definition) is 1. The second-order valence-electron chi connectivity index (χ2n) is 4.17. The molecule has 1 unspecified atom stereocenters. The molecule has 78 valence electrons. The Morgan fingerprint density at radius 3 is 2.93 bits per heavy atom. The highest BCUT2D eigenvalue weighted by atomic mass is 32.1. The fourth-order valence-corrected chi connectivity index (χ4v) is 2.92. The summed E-state index contributed by atoms with van der Waals surface area (Å²) in [6.45, 7) is 0. The van der Waals surface area contributed by atoms with E-state index in [0.717, 1.165) is 18.8 Å². The standard InChI is InChI=1S/C11H18N2S/c12-10(9-3-1-2-4-9)5-6-11-13-7-8-14-11/h7-10H,1-6,12H2. The van der Waals surface area contributed by atoms with Gasteiger partial charge in [0.25, 0.3) is 0 Å². The highest BCUT2D eigenvalue weighted by Gasteiger charge is 2.21. The zero-order valence-electron chi connectivity index (χ0n) is 8.48. The Morgan fingerprint density at radius 2 is 2.29 bits per heavy atom. The maximum atomic E-state index is 6.17. The number of rotatable bonds is 4. The van der Waals surface area contributed by atoms with E-state index in [1.807, 2.05) is 11.6 Å². The second-order valence-corrected chi connectivity index (χ2v) is 5.15. The molecule has 1 fully saturated rings. The average Bonchev–Trinajstić information content (AvgIpc) is 2.87. The summed E-state index contributed by atoms with van der Waals surface area (Å²) in [5.41, 5.74) is 6.17. The highest BCUT2D eigenvalue weighted by Crippen LogP contribution is 2.28. The van der Waals surface area contributed by atoms with Gasteiger partial charge in [-0.15, -0.1) is 11.3 Å². The van der Waals surface area contributed by atoms with Crippen LogP contribution in [0, 0.1) is 5.92 Å². The van der Waals surface area contributed by atoms with E-state index < -0.39 is 0 Å². The van der Waals surface area contributed by atoms with Gasteiger partial charge >= 0.3 is 0 Å². The van der Waals surface area contributed by atoms with E-state index >= 15 is 0 Å². The molecule has 0 saturated heterocycles. The lowest BCUT2D eigenvalue weighted by Crippen LogP contribution is -2.28. The molecule has 0 amide bonds. The molecule has 1 aromatic heterocycles. The molecule has 0 aromatic carbocycles. The quantitative estimate of drug-likeness (QED) is 0.829. The molecule has 1 atom stereocenters. The van der Waals surface area contributed by atoms with Crippen LogP contribution < -0.4 is 5.73 Å². The van der Waals surface area contributed by atoms with Gasteiger partial charge in [0.15, 0.2) is 0 Å². The van der Waals surface area contributed by atoms with Gasteiger partial charge in [0, 0.05) is 24.0 Å². The number of nitrogens with zero attached hydrogens (tertiary/aromatic N) is 1. The molecule has 2 N–H and O–H groups in total. The van der Waals surface area contributed by atoms with Gasteiger partial charge in [0.1, 0.15) is 0 Å². The molecule has 1 aliphatic carbocycles.